The van der Waals surface area contributed by atoms with Crippen LogP contribution in [0.4, 0.5) is 0 Å². The zero-order valence-corrected chi connectivity index (χ0v) is 8.77. The average Bonchev–Trinajstić information content (AvgIpc) is 2.74. The first-order valence-corrected chi connectivity index (χ1v) is 5.38. The number of hydrogen-bond acceptors (Lipinski definition) is 3. The monoisotopic (exact) mass is 208 g/mol. The van der Waals surface area contributed by atoms with Crippen LogP contribution in [0, 0.1) is 6.92 Å². The molecule has 3 nitrogen and oxygen atoms in total. The van der Waals surface area contributed by atoms with E-state index < -0.39 is 0 Å². The number of aryl methyl sites for hydroxylation is 1. The molecule has 0 spiro atoms. The van der Waals surface area contributed by atoms with Gasteiger partial charge in [-0.3, -0.25) is 0 Å². The Morgan fingerprint density at radius 3 is 3.07 bits per heavy atom. The third-order valence-electron chi connectivity index (χ3n) is 2.08. The van der Waals surface area contributed by atoms with Crippen LogP contribution >= 0.6 is 11.3 Å². The van der Waals surface area contributed by atoms with Crippen LogP contribution < -0.4 is 0 Å². The second kappa shape index (κ2) is 3.94. The lowest BCUT2D eigenvalue weighted by atomic mass is 10.2. The number of thiophene rings is 1. The average molecular weight is 208 g/mol. The second-order valence-electron chi connectivity index (χ2n) is 3.15. The van der Waals surface area contributed by atoms with Crippen LogP contribution in [0.1, 0.15) is 11.4 Å². The van der Waals surface area contributed by atoms with Crippen molar-refractivity contribution in [3.05, 3.63) is 29.0 Å². The molecule has 0 amide bonds. The molecule has 0 saturated carbocycles. The van der Waals surface area contributed by atoms with Gasteiger partial charge in [0.05, 0.1) is 23.4 Å². The van der Waals surface area contributed by atoms with E-state index in [0.717, 1.165) is 11.5 Å². The Morgan fingerprint density at radius 1 is 1.57 bits per heavy atom. The van der Waals surface area contributed by atoms with Gasteiger partial charge < -0.3 is 10.1 Å². The fourth-order valence-electron chi connectivity index (χ4n) is 1.36. The Kier molecular flexibility index (Phi) is 2.65. The van der Waals surface area contributed by atoms with Gasteiger partial charge in [-0.25, -0.2) is 4.98 Å². The number of aliphatic hydroxyl groups is 1. The topological polar surface area (TPSA) is 48.9 Å². The molecule has 0 aromatic carbocycles. The minimum atomic E-state index is 0.135. The van der Waals surface area contributed by atoms with E-state index in [4.69, 9.17) is 5.11 Å². The van der Waals surface area contributed by atoms with E-state index in [-0.39, 0.29) is 6.61 Å². The van der Waals surface area contributed by atoms with E-state index in [1.54, 1.807) is 11.3 Å². The van der Waals surface area contributed by atoms with Crippen molar-refractivity contribution >= 4 is 11.3 Å². The van der Waals surface area contributed by atoms with Crippen molar-refractivity contribution in [1.29, 1.82) is 0 Å². The maximum atomic E-state index is 8.76. The molecular formula is C10H12N2OS. The third-order valence-corrected chi connectivity index (χ3v) is 3.13. The highest BCUT2D eigenvalue weighted by molar-refractivity contribution is 7.13. The van der Waals surface area contributed by atoms with Crippen LogP contribution in [0.5, 0.6) is 0 Å². The minimum Gasteiger partial charge on any atom is -0.396 e. The van der Waals surface area contributed by atoms with Gasteiger partial charge in [0, 0.05) is 6.42 Å². The molecule has 2 N–H and O–H groups in total. The minimum absolute atomic E-state index is 0.135. The largest absolute Gasteiger partial charge is 0.396 e. The molecule has 2 heterocycles. The van der Waals surface area contributed by atoms with Crippen LogP contribution in [0.15, 0.2) is 17.6 Å². The van der Waals surface area contributed by atoms with Gasteiger partial charge in [-0.1, -0.05) is 0 Å². The fourth-order valence-corrected chi connectivity index (χ4v) is 2.25. The number of aliphatic hydroxyl groups excluding tert-OH is 1. The summed E-state index contributed by atoms with van der Waals surface area (Å²) in [4.78, 5) is 8.61. The van der Waals surface area contributed by atoms with Gasteiger partial charge in [0.1, 0.15) is 5.82 Å². The Morgan fingerprint density at radius 2 is 2.43 bits per heavy atom. The van der Waals surface area contributed by atoms with E-state index >= 15 is 0 Å². The van der Waals surface area contributed by atoms with Gasteiger partial charge in [-0.2, -0.15) is 0 Å². The SMILES string of the molecule is Cc1ccsc1-c1cnc(CCO)[nH]1. The summed E-state index contributed by atoms with van der Waals surface area (Å²) in [6, 6.07) is 2.09. The Bertz CT molecular complexity index is 419. The molecule has 0 fully saturated rings. The summed E-state index contributed by atoms with van der Waals surface area (Å²) in [7, 11) is 0. The molecule has 4 heteroatoms. The van der Waals surface area contributed by atoms with E-state index in [1.165, 1.54) is 10.4 Å². The molecule has 0 bridgehead atoms. The maximum Gasteiger partial charge on any atom is 0.108 e. The highest BCUT2D eigenvalue weighted by Gasteiger charge is 2.06. The van der Waals surface area contributed by atoms with E-state index in [0.29, 0.717) is 6.42 Å². The molecule has 0 saturated heterocycles. The van der Waals surface area contributed by atoms with Crippen molar-refractivity contribution in [2.24, 2.45) is 0 Å². The van der Waals surface area contributed by atoms with E-state index in [9.17, 15) is 0 Å². The zero-order chi connectivity index (χ0) is 9.97. The van der Waals surface area contributed by atoms with Crippen molar-refractivity contribution in [2.75, 3.05) is 6.61 Å². The summed E-state index contributed by atoms with van der Waals surface area (Å²) < 4.78 is 0. The van der Waals surface area contributed by atoms with Crippen LogP contribution in [-0.2, 0) is 6.42 Å². The number of imidazole rings is 1. The van der Waals surface area contributed by atoms with Gasteiger partial charge in [-0.05, 0) is 23.9 Å². The highest BCUT2D eigenvalue weighted by atomic mass is 32.1. The van der Waals surface area contributed by atoms with Crippen LogP contribution in [-0.4, -0.2) is 21.7 Å². The van der Waals surface area contributed by atoms with Crippen molar-refractivity contribution in [2.45, 2.75) is 13.3 Å². The predicted molar refractivity (Wildman–Crippen MR) is 57.4 cm³/mol. The first kappa shape index (κ1) is 9.43. The number of aromatic amines is 1. The van der Waals surface area contributed by atoms with Crippen LogP contribution in [0.2, 0.25) is 0 Å². The highest BCUT2D eigenvalue weighted by Crippen LogP contribution is 2.27. The summed E-state index contributed by atoms with van der Waals surface area (Å²) in [6.07, 6.45) is 2.41. The smallest absolute Gasteiger partial charge is 0.108 e. The Hall–Kier alpha value is -1.13. The standard InChI is InChI=1S/C10H12N2OS/c1-7-3-5-14-10(7)8-6-11-9(12-8)2-4-13/h3,5-6,13H,2,4H2,1H3,(H,11,12). The van der Waals surface area contributed by atoms with Crippen molar-refractivity contribution in [3.63, 3.8) is 0 Å². The van der Waals surface area contributed by atoms with Crippen LogP contribution in [0.3, 0.4) is 0 Å². The molecule has 0 aliphatic heterocycles. The first-order valence-electron chi connectivity index (χ1n) is 4.50. The predicted octanol–water partition coefficient (Wildman–Crippen LogP) is 1.98. The third kappa shape index (κ3) is 1.71. The summed E-state index contributed by atoms with van der Waals surface area (Å²) in [6.45, 7) is 2.22. The molecule has 0 aliphatic carbocycles. The lowest BCUT2D eigenvalue weighted by Crippen LogP contribution is -1.92. The normalized spacial score (nSPS) is 10.7. The molecule has 2 rings (SSSR count). The van der Waals surface area contributed by atoms with Gasteiger partial charge in [0.2, 0.25) is 0 Å². The fraction of sp³-hybridized carbons (Fsp3) is 0.300. The summed E-state index contributed by atoms with van der Waals surface area (Å²) >= 11 is 1.70. The van der Waals surface area contributed by atoms with Crippen molar-refractivity contribution in [1.82, 2.24) is 9.97 Å². The molecule has 2 aromatic heterocycles. The van der Waals surface area contributed by atoms with Crippen molar-refractivity contribution < 1.29 is 5.11 Å². The summed E-state index contributed by atoms with van der Waals surface area (Å²) in [5.41, 5.74) is 2.30. The first-order chi connectivity index (χ1) is 6.81. The number of aromatic nitrogens is 2. The quantitative estimate of drug-likeness (QED) is 0.810. The van der Waals surface area contributed by atoms with E-state index in [1.807, 2.05) is 6.20 Å². The van der Waals surface area contributed by atoms with Gasteiger partial charge in [-0.15, -0.1) is 11.3 Å². The number of rotatable bonds is 3. The molecule has 0 unspecified atom stereocenters. The number of nitrogens with one attached hydrogen (secondary N) is 1. The van der Waals surface area contributed by atoms with Crippen LogP contribution in [0.25, 0.3) is 10.6 Å². The van der Waals surface area contributed by atoms with E-state index in [2.05, 4.69) is 28.3 Å². The lowest BCUT2D eigenvalue weighted by molar-refractivity contribution is 0.297. The molecule has 2 aromatic rings. The zero-order valence-electron chi connectivity index (χ0n) is 7.95. The molecular weight excluding hydrogens is 196 g/mol. The van der Waals surface area contributed by atoms with Gasteiger partial charge in [0.25, 0.3) is 0 Å². The van der Waals surface area contributed by atoms with Crippen molar-refractivity contribution in [3.8, 4) is 10.6 Å². The molecule has 74 valence electrons. The number of H-pyrrole nitrogens is 1. The molecule has 0 radical (unpaired) electrons. The lowest BCUT2D eigenvalue weighted by Gasteiger charge is -1.94. The Balaban J connectivity index is 2.29. The summed E-state index contributed by atoms with van der Waals surface area (Å²) in [5, 5.41) is 10.8. The Labute approximate surface area is 86.4 Å². The molecule has 0 aliphatic rings. The molecule has 0 atom stereocenters. The number of nitrogens with zero attached hydrogens (tertiary/aromatic N) is 1. The van der Waals surface area contributed by atoms with Gasteiger partial charge in [0.15, 0.2) is 0 Å². The molecule has 14 heavy (non-hydrogen) atoms. The van der Waals surface area contributed by atoms with Gasteiger partial charge >= 0.3 is 0 Å². The maximum absolute atomic E-state index is 8.76. The second-order valence-corrected chi connectivity index (χ2v) is 4.07. The number of hydrogen-bond donors (Lipinski definition) is 2. The summed E-state index contributed by atoms with van der Waals surface area (Å²) in [5.74, 6) is 0.843.